The Labute approximate surface area is 117 Å². The van der Waals surface area contributed by atoms with Crippen molar-refractivity contribution in [2.24, 2.45) is 0 Å². The molecule has 0 aromatic carbocycles. The standard InChI is InChI=1S/C14H19N3O3/c18-13-12(15-5-8-17(13)11-1-2-11)16-6-3-14(4-7-16)19-9-10-20-14/h5,8,11H,1-4,6-7,9-10H2. The molecule has 1 spiro atoms. The van der Waals surface area contributed by atoms with Gasteiger partial charge < -0.3 is 18.9 Å². The maximum absolute atomic E-state index is 12.5. The van der Waals surface area contributed by atoms with Crippen LogP contribution in [0.3, 0.4) is 0 Å². The Morgan fingerprint density at radius 2 is 1.90 bits per heavy atom. The van der Waals surface area contributed by atoms with Crippen molar-refractivity contribution in [3.63, 3.8) is 0 Å². The smallest absolute Gasteiger partial charge is 0.293 e. The number of hydrogen-bond acceptors (Lipinski definition) is 5. The van der Waals surface area contributed by atoms with Crippen molar-refractivity contribution in [3.8, 4) is 0 Å². The van der Waals surface area contributed by atoms with Gasteiger partial charge in [0.25, 0.3) is 5.56 Å². The van der Waals surface area contributed by atoms with Gasteiger partial charge in [-0.25, -0.2) is 4.98 Å². The molecule has 1 saturated carbocycles. The van der Waals surface area contributed by atoms with Gasteiger partial charge in [-0.05, 0) is 12.8 Å². The molecular weight excluding hydrogens is 258 g/mol. The third-order valence-electron chi connectivity index (χ3n) is 4.43. The molecule has 2 aliphatic heterocycles. The first-order valence-electron chi connectivity index (χ1n) is 7.37. The van der Waals surface area contributed by atoms with Crippen LogP contribution in [-0.4, -0.2) is 41.6 Å². The second-order valence-electron chi connectivity index (χ2n) is 5.79. The first-order valence-corrected chi connectivity index (χ1v) is 7.37. The van der Waals surface area contributed by atoms with Gasteiger partial charge in [0.2, 0.25) is 0 Å². The summed E-state index contributed by atoms with van der Waals surface area (Å²) in [6, 6.07) is 0.391. The number of nitrogens with zero attached hydrogens (tertiary/aromatic N) is 3. The lowest BCUT2D eigenvalue weighted by molar-refractivity contribution is -0.169. The molecule has 4 rings (SSSR count). The van der Waals surface area contributed by atoms with Gasteiger partial charge in [0.15, 0.2) is 11.6 Å². The average Bonchev–Trinajstić information content (AvgIpc) is 3.22. The normalized spacial score (nSPS) is 25.3. The molecule has 0 N–H and O–H groups in total. The van der Waals surface area contributed by atoms with Gasteiger partial charge in [-0.1, -0.05) is 0 Å². The minimum atomic E-state index is -0.402. The zero-order chi connectivity index (χ0) is 13.6. The lowest BCUT2D eigenvalue weighted by Gasteiger charge is -2.37. The maximum Gasteiger partial charge on any atom is 0.293 e. The number of hydrogen-bond donors (Lipinski definition) is 0. The van der Waals surface area contributed by atoms with Crippen molar-refractivity contribution in [2.75, 3.05) is 31.2 Å². The minimum Gasteiger partial charge on any atom is -0.352 e. The SMILES string of the molecule is O=c1c(N2CCC3(CC2)OCCO3)nccn1C1CC1. The highest BCUT2D eigenvalue weighted by atomic mass is 16.7. The monoisotopic (exact) mass is 277 g/mol. The molecule has 0 radical (unpaired) electrons. The summed E-state index contributed by atoms with van der Waals surface area (Å²) in [6.07, 6.45) is 7.35. The molecule has 0 unspecified atom stereocenters. The first-order chi connectivity index (χ1) is 9.77. The molecule has 20 heavy (non-hydrogen) atoms. The van der Waals surface area contributed by atoms with E-state index in [-0.39, 0.29) is 5.56 Å². The van der Waals surface area contributed by atoms with Crippen LogP contribution in [0.1, 0.15) is 31.7 Å². The molecule has 2 saturated heterocycles. The van der Waals surface area contributed by atoms with Gasteiger partial charge in [-0.2, -0.15) is 0 Å². The molecule has 0 bridgehead atoms. The first kappa shape index (κ1) is 12.3. The Hall–Kier alpha value is -1.40. The van der Waals surface area contributed by atoms with Crippen molar-refractivity contribution >= 4 is 5.82 Å². The second kappa shape index (κ2) is 4.56. The Bertz CT molecular complexity index is 551. The Morgan fingerprint density at radius 1 is 1.20 bits per heavy atom. The fourth-order valence-electron chi connectivity index (χ4n) is 3.12. The summed E-state index contributed by atoms with van der Waals surface area (Å²) >= 11 is 0. The quantitative estimate of drug-likeness (QED) is 0.804. The summed E-state index contributed by atoms with van der Waals surface area (Å²) < 4.78 is 13.3. The largest absolute Gasteiger partial charge is 0.352 e. The van der Waals surface area contributed by atoms with E-state index in [4.69, 9.17) is 9.47 Å². The summed E-state index contributed by atoms with van der Waals surface area (Å²) in [6.45, 7) is 2.88. The van der Waals surface area contributed by atoms with Crippen molar-refractivity contribution in [1.29, 1.82) is 0 Å². The summed E-state index contributed by atoms with van der Waals surface area (Å²) in [5.74, 6) is 0.174. The van der Waals surface area contributed by atoms with Crippen molar-refractivity contribution in [1.82, 2.24) is 9.55 Å². The number of ether oxygens (including phenoxy) is 2. The van der Waals surface area contributed by atoms with E-state index in [0.29, 0.717) is 25.1 Å². The summed E-state index contributed by atoms with van der Waals surface area (Å²) in [4.78, 5) is 18.8. The predicted molar refractivity (Wildman–Crippen MR) is 72.9 cm³/mol. The molecular formula is C14H19N3O3. The van der Waals surface area contributed by atoms with Crippen LogP contribution in [0.2, 0.25) is 0 Å². The Kier molecular flexibility index (Phi) is 2.82. The van der Waals surface area contributed by atoms with E-state index in [0.717, 1.165) is 38.8 Å². The molecule has 1 aromatic heterocycles. The minimum absolute atomic E-state index is 0.0409. The van der Waals surface area contributed by atoms with E-state index in [2.05, 4.69) is 9.88 Å². The Balaban J connectivity index is 1.54. The van der Waals surface area contributed by atoms with Crippen molar-refractivity contribution in [3.05, 3.63) is 22.7 Å². The molecule has 3 aliphatic rings. The lowest BCUT2D eigenvalue weighted by Crippen LogP contribution is -2.47. The highest BCUT2D eigenvalue weighted by molar-refractivity contribution is 5.36. The molecule has 0 atom stereocenters. The third-order valence-corrected chi connectivity index (χ3v) is 4.43. The van der Waals surface area contributed by atoms with Gasteiger partial charge in [-0.3, -0.25) is 4.79 Å². The van der Waals surface area contributed by atoms with Gasteiger partial charge >= 0.3 is 0 Å². The van der Waals surface area contributed by atoms with E-state index < -0.39 is 5.79 Å². The topological polar surface area (TPSA) is 56.6 Å². The van der Waals surface area contributed by atoms with Gasteiger partial charge in [-0.15, -0.1) is 0 Å². The van der Waals surface area contributed by atoms with Crippen LogP contribution >= 0.6 is 0 Å². The van der Waals surface area contributed by atoms with Crippen LogP contribution in [-0.2, 0) is 9.47 Å². The fraction of sp³-hybridized carbons (Fsp3) is 0.714. The number of anilines is 1. The molecule has 0 amide bonds. The molecule has 108 valence electrons. The van der Waals surface area contributed by atoms with Crippen LogP contribution in [0.5, 0.6) is 0 Å². The highest BCUT2D eigenvalue weighted by Gasteiger charge is 2.40. The van der Waals surface area contributed by atoms with Crippen LogP contribution < -0.4 is 10.5 Å². The van der Waals surface area contributed by atoms with Gasteiger partial charge in [0, 0.05) is 44.4 Å². The van der Waals surface area contributed by atoms with E-state index in [1.165, 1.54) is 0 Å². The lowest BCUT2D eigenvalue weighted by atomic mass is 10.0. The zero-order valence-electron chi connectivity index (χ0n) is 11.5. The van der Waals surface area contributed by atoms with Crippen LogP contribution in [0, 0.1) is 0 Å². The maximum atomic E-state index is 12.5. The molecule has 1 aliphatic carbocycles. The predicted octanol–water partition coefficient (Wildman–Crippen LogP) is 0.921. The van der Waals surface area contributed by atoms with Crippen molar-refractivity contribution in [2.45, 2.75) is 37.5 Å². The number of rotatable bonds is 2. The number of aromatic nitrogens is 2. The summed E-state index contributed by atoms with van der Waals surface area (Å²) in [5, 5.41) is 0. The van der Waals surface area contributed by atoms with E-state index in [1.54, 1.807) is 12.4 Å². The highest BCUT2D eigenvalue weighted by Crippen LogP contribution is 2.34. The molecule has 1 aromatic rings. The Morgan fingerprint density at radius 3 is 2.55 bits per heavy atom. The fourth-order valence-corrected chi connectivity index (χ4v) is 3.12. The van der Waals surface area contributed by atoms with E-state index >= 15 is 0 Å². The second-order valence-corrected chi connectivity index (χ2v) is 5.79. The zero-order valence-corrected chi connectivity index (χ0v) is 11.5. The molecule has 6 heteroatoms. The molecule has 3 fully saturated rings. The van der Waals surface area contributed by atoms with E-state index in [1.807, 2.05) is 4.57 Å². The molecule has 3 heterocycles. The summed E-state index contributed by atoms with van der Waals surface area (Å²) in [7, 11) is 0. The van der Waals surface area contributed by atoms with Gasteiger partial charge in [0.1, 0.15) is 0 Å². The molecule has 6 nitrogen and oxygen atoms in total. The van der Waals surface area contributed by atoms with Crippen molar-refractivity contribution < 1.29 is 9.47 Å². The summed E-state index contributed by atoms with van der Waals surface area (Å²) in [5.41, 5.74) is 0.0409. The average molecular weight is 277 g/mol. The van der Waals surface area contributed by atoms with Crippen LogP contribution in [0.25, 0.3) is 0 Å². The third kappa shape index (κ3) is 2.03. The van der Waals surface area contributed by atoms with Gasteiger partial charge in [0.05, 0.1) is 13.2 Å². The van der Waals surface area contributed by atoms with E-state index in [9.17, 15) is 4.79 Å². The van der Waals surface area contributed by atoms with Crippen LogP contribution in [0.4, 0.5) is 5.82 Å². The van der Waals surface area contributed by atoms with Crippen LogP contribution in [0.15, 0.2) is 17.2 Å². The number of piperidine rings is 1.